The molecule has 2 fully saturated rings. The van der Waals surface area contributed by atoms with Crippen molar-refractivity contribution in [3.63, 3.8) is 0 Å². The minimum atomic E-state index is -0.0734. The van der Waals surface area contributed by atoms with E-state index in [1.807, 2.05) is 6.07 Å². The maximum Gasteiger partial charge on any atom is 0.229 e. The summed E-state index contributed by atoms with van der Waals surface area (Å²) < 4.78 is 5.04. The number of piperidine rings is 1. The number of carbonyl (C=O) groups is 1. The Balaban J connectivity index is 1.38. The Morgan fingerprint density at radius 1 is 1.19 bits per heavy atom. The maximum absolute atomic E-state index is 12.6. The van der Waals surface area contributed by atoms with E-state index in [4.69, 9.17) is 4.74 Å². The first-order valence-corrected chi connectivity index (χ1v) is 9.12. The fourth-order valence-electron chi connectivity index (χ4n) is 3.32. The second-order valence-corrected chi connectivity index (χ2v) is 6.95. The topological polar surface area (TPSA) is 80.2 Å². The molecule has 0 bridgehead atoms. The zero-order valence-corrected chi connectivity index (χ0v) is 14.9. The summed E-state index contributed by atoms with van der Waals surface area (Å²) in [5.74, 6) is 1.94. The first-order valence-electron chi connectivity index (χ1n) is 9.12. The van der Waals surface area contributed by atoms with Crippen LogP contribution in [0.25, 0.3) is 0 Å². The number of methoxy groups -OCH3 is 1. The molecule has 4 rings (SSSR count). The quantitative estimate of drug-likeness (QED) is 0.890. The zero-order chi connectivity index (χ0) is 17.9. The Kier molecular flexibility index (Phi) is 4.69. The molecule has 26 heavy (non-hydrogen) atoms. The SMILES string of the molecule is COc1ccc(NC(=O)[C@@H]2CCCN(c3ccc(C4CC4)nn3)C2)cn1. The molecule has 0 unspecified atom stereocenters. The van der Waals surface area contributed by atoms with Crippen molar-refractivity contribution in [3.05, 3.63) is 36.2 Å². The summed E-state index contributed by atoms with van der Waals surface area (Å²) in [5.41, 5.74) is 1.77. The Labute approximate surface area is 152 Å². The van der Waals surface area contributed by atoms with Crippen molar-refractivity contribution in [3.8, 4) is 5.88 Å². The van der Waals surface area contributed by atoms with E-state index in [9.17, 15) is 4.79 Å². The van der Waals surface area contributed by atoms with Gasteiger partial charge in [-0.05, 0) is 43.9 Å². The Morgan fingerprint density at radius 3 is 2.73 bits per heavy atom. The van der Waals surface area contributed by atoms with Crippen LogP contribution in [0.15, 0.2) is 30.5 Å². The average Bonchev–Trinajstić information content (AvgIpc) is 3.54. The van der Waals surface area contributed by atoms with Gasteiger partial charge >= 0.3 is 0 Å². The lowest BCUT2D eigenvalue weighted by Crippen LogP contribution is -2.41. The molecule has 7 nitrogen and oxygen atoms in total. The molecule has 2 aromatic rings. The molecule has 3 heterocycles. The number of ether oxygens (including phenoxy) is 1. The normalized spacial score (nSPS) is 19.9. The molecule has 0 aromatic carbocycles. The number of amides is 1. The number of pyridine rings is 1. The number of carbonyl (C=O) groups excluding carboxylic acids is 1. The summed E-state index contributed by atoms with van der Waals surface area (Å²) in [6, 6.07) is 7.65. The molecule has 0 spiro atoms. The van der Waals surface area contributed by atoms with Crippen LogP contribution in [0.2, 0.25) is 0 Å². The van der Waals surface area contributed by atoms with Gasteiger partial charge in [0, 0.05) is 25.1 Å². The molecule has 1 saturated carbocycles. The van der Waals surface area contributed by atoms with Gasteiger partial charge in [0.1, 0.15) is 0 Å². The van der Waals surface area contributed by atoms with Crippen LogP contribution in [0.1, 0.15) is 37.3 Å². The van der Waals surface area contributed by atoms with Gasteiger partial charge in [0.15, 0.2) is 5.82 Å². The van der Waals surface area contributed by atoms with Crippen molar-refractivity contribution in [1.29, 1.82) is 0 Å². The van der Waals surface area contributed by atoms with Gasteiger partial charge in [-0.15, -0.1) is 5.10 Å². The van der Waals surface area contributed by atoms with Crippen LogP contribution in [0.3, 0.4) is 0 Å². The largest absolute Gasteiger partial charge is 0.481 e. The number of hydrogen-bond donors (Lipinski definition) is 1. The summed E-state index contributed by atoms with van der Waals surface area (Å²) in [4.78, 5) is 18.9. The molecule has 1 atom stereocenters. The number of nitrogens with zero attached hydrogens (tertiary/aromatic N) is 4. The van der Waals surface area contributed by atoms with E-state index in [-0.39, 0.29) is 11.8 Å². The molecule has 7 heteroatoms. The zero-order valence-electron chi connectivity index (χ0n) is 14.9. The molecular weight excluding hydrogens is 330 g/mol. The Morgan fingerprint density at radius 2 is 2.08 bits per heavy atom. The van der Waals surface area contributed by atoms with Crippen LogP contribution in [0.4, 0.5) is 11.5 Å². The van der Waals surface area contributed by atoms with Crippen LogP contribution in [0.5, 0.6) is 5.88 Å². The van der Waals surface area contributed by atoms with Crippen molar-refractivity contribution in [2.75, 3.05) is 30.4 Å². The van der Waals surface area contributed by atoms with Crippen LogP contribution in [-0.2, 0) is 4.79 Å². The molecule has 0 radical (unpaired) electrons. The predicted octanol–water partition coefficient (Wildman–Crippen LogP) is 2.61. The minimum absolute atomic E-state index is 0.0178. The fourth-order valence-corrected chi connectivity index (χ4v) is 3.32. The third-order valence-corrected chi connectivity index (χ3v) is 5.00. The molecule has 1 saturated heterocycles. The highest BCUT2D eigenvalue weighted by molar-refractivity contribution is 5.92. The highest BCUT2D eigenvalue weighted by atomic mass is 16.5. The van der Waals surface area contributed by atoms with E-state index in [1.165, 1.54) is 12.8 Å². The molecule has 1 amide bonds. The molecule has 136 valence electrons. The van der Waals surface area contributed by atoms with Gasteiger partial charge < -0.3 is 15.0 Å². The Bertz CT molecular complexity index is 759. The van der Waals surface area contributed by atoms with Crippen molar-refractivity contribution >= 4 is 17.4 Å². The summed E-state index contributed by atoms with van der Waals surface area (Å²) in [6.45, 7) is 1.57. The van der Waals surface area contributed by atoms with Crippen LogP contribution in [0, 0.1) is 5.92 Å². The van der Waals surface area contributed by atoms with E-state index >= 15 is 0 Å². The highest BCUT2D eigenvalue weighted by Gasteiger charge is 2.28. The first-order chi connectivity index (χ1) is 12.7. The molecule has 2 aliphatic rings. The van der Waals surface area contributed by atoms with E-state index in [0.717, 1.165) is 30.9 Å². The second kappa shape index (κ2) is 7.27. The minimum Gasteiger partial charge on any atom is -0.481 e. The monoisotopic (exact) mass is 353 g/mol. The van der Waals surface area contributed by atoms with Gasteiger partial charge in [-0.3, -0.25) is 4.79 Å². The van der Waals surface area contributed by atoms with Gasteiger partial charge in [-0.25, -0.2) is 4.98 Å². The smallest absolute Gasteiger partial charge is 0.229 e. The van der Waals surface area contributed by atoms with E-state index in [0.29, 0.717) is 24.0 Å². The third kappa shape index (κ3) is 3.76. The van der Waals surface area contributed by atoms with Crippen LogP contribution < -0.4 is 15.0 Å². The number of nitrogens with one attached hydrogen (secondary N) is 1. The van der Waals surface area contributed by atoms with Crippen LogP contribution >= 0.6 is 0 Å². The number of rotatable bonds is 5. The molecule has 1 N–H and O–H groups in total. The van der Waals surface area contributed by atoms with Gasteiger partial charge in [0.05, 0.1) is 30.6 Å². The summed E-state index contributed by atoms with van der Waals surface area (Å²) >= 11 is 0. The molecule has 1 aliphatic carbocycles. The highest BCUT2D eigenvalue weighted by Crippen LogP contribution is 2.38. The molecular formula is C19H23N5O2. The van der Waals surface area contributed by atoms with Crippen LogP contribution in [-0.4, -0.2) is 41.3 Å². The summed E-state index contributed by atoms with van der Waals surface area (Å²) in [7, 11) is 1.57. The van der Waals surface area contributed by atoms with Gasteiger partial charge in [-0.1, -0.05) is 0 Å². The average molecular weight is 353 g/mol. The second-order valence-electron chi connectivity index (χ2n) is 6.95. The predicted molar refractivity (Wildman–Crippen MR) is 98.4 cm³/mol. The lowest BCUT2D eigenvalue weighted by atomic mass is 9.97. The van der Waals surface area contributed by atoms with E-state index < -0.39 is 0 Å². The number of hydrogen-bond acceptors (Lipinski definition) is 6. The van der Waals surface area contributed by atoms with Gasteiger partial charge in [-0.2, -0.15) is 5.10 Å². The number of anilines is 2. The van der Waals surface area contributed by atoms with Gasteiger partial charge in [0.2, 0.25) is 11.8 Å². The number of aromatic nitrogens is 3. The van der Waals surface area contributed by atoms with E-state index in [1.54, 1.807) is 25.4 Å². The molecule has 1 aliphatic heterocycles. The lowest BCUT2D eigenvalue weighted by Gasteiger charge is -2.32. The molecule has 2 aromatic heterocycles. The van der Waals surface area contributed by atoms with Gasteiger partial charge in [0.25, 0.3) is 0 Å². The van der Waals surface area contributed by atoms with E-state index in [2.05, 4.69) is 31.5 Å². The maximum atomic E-state index is 12.6. The van der Waals surface area contributed by atoms with Crippen molar-refractivity contribution < 1.29 is 9.53 Å². The Hall–Kier alpha value is -2.70. The lowest BCUT2D eigenvalue weighted by molar-refractivity contribution is -0.120. The third-order valence-electron chi connectivity index (χ3n) is 5.00. The standard InChI is InChI=1S/C19H23N5O2/c1-26-18-9-6-15(11-20-18)21-19(25)14-3-2-10-24(12-14)17-8-7-16(22-23-17)13-4-5-13/h6-9,11,13-14H,2-5,10,12H2,1H3,(H,21,25)/t14-/m1/s1. The van der Waals surface area contributed by atoms with Crippen molar-refractivity contribution in [2.45, 2.75) is 31.6 Å². The first kappa shape index (κ1) is 16.8. The summed E-state index contributed by atoms with van der Waals surface area (Å²) in [5, 5.41) is 11.7. The van der Waals surface area contributed by atoms with Crippen molar-refractivity contribution in [2.24, 2.45) is 5.92 Å². The summed E-state index contributed by atoms with van der Waals surface area (Å²) in [6.07, 6.45) is 5.89. The fraction of sp³-hybridized carbons (Fsp3) is 0.474. The van der Waals surface area contributed by atoms with Crippen molar-refractivity contribution in [1.82, 2.24) is 15.2 Å².